The van der Waals surface area contributed by atoms with Crippen LogP contribution < -0.4 is 10.5 Å². The fourth-order valence-corrected chi connectivity index (χ4v) is 2.48. The molecule has 1 saturated heterocycles. The molecular weight excluding hydrogens is 272 g/mol. The first-order chi connectivity index (χ1) is 10.0. The molecule has 21 heavy (non-hydrogen) atoms. The van der Waals surface area contributed by atoms with E-state index in [-0.39, 0.29) is 17.8 Å². The Labute approximate surface area is 123 Å². The van der Waals surface area contributed by atoms with E-state index in [1.807, 2.05) is 6.92 Å². The Hall–Kier alpha value is -2.24. The molecule has 0 bridgehead atoms. The van der Waals surface area contributed by atoms with Gasteiger partial charge in [-0.3, -0.25) is 9.59 Å². The number of rotatable bonds is 4. The number of carbonyl (C=O) groups excluding carboxylic acids is 2. The van der Waals surface area contributed by atoms with Crippen LogP contribution in [0.3, 0.4) is 0 Å². The van der Waals surface area contributed by atoms with Gasteiger partial charge < -0.3 is 20.1 Å². The predicted molar refractivity (Wildman–Crippen MR) is 78.0 cm³/mol. The van der Waals surface area contributed by atoms with Gasteiger partial charge in [0.15, 0.2) is 0 Å². The molecule has 1 aliphatic heterocycles. The maximum Gasteiger partial charge on any atom is 0.310 e. The van der Waals surface area contributed by atoms with E-state index in [1.165, 1.54) is 7.11 Å². The Morgan fingerprint density at radius 2 is 2.14 bits per heavy atom. The van der Waals surface area contributed by atoms with E-state index >= 15 is 0 Å². The molecule has 2 N–H and O–H groups in total. The Balaban J connectivity index is 2.12. The van der Waals surface area contributed by atoms with Crippen LogP contribution in [0.15, 0.2) is 18.2 Å². The van der Waals surface area contributed by atoms with Crippen LogP contribution >= 0.6 is 0 Å². The number of carbonyl (C=O) groups is 2. The van der Waals surface area contributed by atoms with E-state index < -0.39 is 0 Å². The van der Waals surface area contributed by atoms with Crippen LogP contribution in [0.1, 0.15) is 23.7 Å². The molecule has 1 atom stereocenters. The molecule has 114 valence electrons. The lowest BCUT2D eigenvalue weighted by Crippen LogP contribution is -2.30. The van der Waals surface area contributed by atoms with Gasteiger partial charge in [0.2, 0.25) is 0 Å². The lowest BCUT2D eigenvalue weighted by molar-refractivity contribution is -0.144. The largest absolute Gasteiger partial charge is 0.494 e. The van der Waals surface area contributed by atoms with Gasteiger partial charge in [0, 0.05) is 30.4 Å². The highest BCUT2D eigenvalue weighted by molar-refractivity contribution is 5.96. The van der Waals surface area contributed by atoms with E-state index in [9.17, 15) is 9.59 Å². The van der Waals surface area contributed by atoms with E-state index in [2.05, 4.69) is 0 Å². The van der Waals surface area contributed by atoms with Crippen molar-refractivity contribution in [2.45, 2.75) is 13.3 Å². The minimum atomic E-state index is -0.270. The van der Waals surface area contributed by atoms with Gasteiger partial charge in [0.25, 0.3) is 5.91 Å². The summed E-state index contributed by atoms with van der Waals surface area (Å²) in [4.78, 5) is 25.6. The van der Waals surface area contributed by atoms with Crippen molar-refractivity contribution in [3.63, 3.8) is 0 Å². The molecule has 1 unspecified atom stereocenters. The lowest BCUT2D eigenvalue weighted by Gasteiger charge is -2.17. The lowest BCUT2D eigenvalue weighted by atomic mass is 10.1. The molecule has 0 aliphatic carbocycles. The number of hydrogen-bond acceptors (Lipinski definition) is 5. The average Bonchev–Trinajstić information content (AvgIpc) is 2.95. The summed E-state index contributed by atoms with van der Waals surface area (Å²) in [5, 5.41) is 0. The number of amides is 1. The molecule has 0 aromatic heterocycles. The van der Waals surface area contributed by atoms with Crippen LogP contribution in [0.25, 0.3) is 0 Å². The predicted octanol–water partition coefficient (Wildman–Crippen LogP) is 1.30. The number of benzene rings is 1. The molecular formula is C15H20N2O4. The van der Waals surface area contributed by atoms with Crippen molar-refractivity contribution < 1.29 is 19.1 Å². The first-order valence-electron chi connectivity index (χ1n) is 6.95. The minimum Gasteiger partial charge on any atom is -0.494 e. The molecule has 1 amide bonds. The van der Waals surface area contributed by atoms with Crippen LogP contribution in [-0.2, 0) is 9.53 Å². The van der Waals surface area contributed by atoms with E-state index in [0.717, 1.165) is 0 Å². The summed E-state index contributed by atoms with van der Waals surface area (Å²) in [5.41, 5.74) is 6.75. The van der Waals surface area contributed by atoms with E-state index in [4.69, 9.17) is 15.2 Å². The Morgan fingerprint density at radius 3 is 2.81 bits per heavy atom. The van der Waals surface area contributed by atoms with Gasteiger partial charge >= 0.3 is 5.97 Å². The number of nitrogens with two attached hydrogens (primary N) is 1. The van der Waals surface area contributed by atoms with Crippen LogP contribution in [0.4, 0.5) is 5.69 Å². The van der Waals surface area contributed by atoms with Gasteiger partial charge in [-0.15, -0.1) is 0 Å². The molecule has 1 heterocycles. The van der Waals surface area contributed by atoms with Crippen molar-refractivity contribution in [1.29, 1.82) is 0 Å². The Morgan fingerprint density at radius 1 is 1.38 bits per heavy atom. The zero-order valence-corrected chi connectivity index (χ0v) is 12.3. The third-order valence-corrected chi connectivity index (χ3v) is 3.50. The normalized spacial score (nSPS) is 17.6. The van der Waals surface area contributed by atoms with Gasteiger partial charge in [-0.2, -0.15) is 0 Å². The number of nitrogen functional groups attached to an aromatic ring is 1. The first-order valence-corrected chi connectivity index (χ1v) is 6.95. The third-order valence-electron chi connectivity index (χ3n) is 3.50. The quantitative estimate of drug-likeness (QED) is 0.668. The Kier molecular flexibility index (Phi) is 4.67. The Bertz CT molecular complexity index is 544. The molecule has 2 rings (SSSR count). The van der Waals surface area contributed by atoms with Crippen LogP contribution in [-0.4, -0.2) is 43.6 Å². The summed E-state index contributed by atoms with van der Waals surface area (Å²) in [7, 11) is 1.36. The smallest absolute Gasteiger partial charge is 0.310 e. The number of likely N-dealkylation sites (tertiary alicyclic amines) is 1. The van der Waals surface area contributed by atoms with Crippen molar-refractivity contribution in [2.75, 3.05) is 32.5 Å². The number of esters is 1. The van der Waals surface area contributed by atoms with Crippen molar-refractivity contribution in [2.24, 2.45) is 5.92 Å². The summed E-state index contributed by atoms with van der Waals surface area (Å²) >= 11 is 0. The zero-order valence-electron chi connectivity index (χ0n) is 12.3. The molecule has 1 fully saturated rings. The van der Waals surface area contributed by atoms with Gasteiger partial charge in [0.05, 0.1) is 19.6 Å². The molecule has 6 nitrogen and oxygen atoms in total. The number of anilines is 1. The highest BCUT2D eigenvalue weighted by Gasteiger charge is 2.32. The topological polar surface area (TPSA) is 81.9 Å². The van der Waals surface area contributed by atoms with Crippen LogP contribution in [0.2, 0.25) is 0 Å². The maximum absolute atomic E-state index is 12.5. The standard InChI is InChI=1S/C15H20N2O4/c1-3-21-13-7-11(6-12(16)8-13)14(18)17-5-4-10(9-17)15(19)20-2/h6-8,10H,3-5,9,16H2,1-2H3. The molecule has 6 heteroatoms. The maximum atomic E-state index is 12.5. The molecule has 1 aromatic carbocycles. The second kappa shape index (κ2) is 6.47. The van der Waals surface area contributed by atoms with E-state index in [1.54, 1.807) is 23.1 Å². The summed E-state index contributed by atoms with van der Waals surface area (Å²) in [6, 6.07) is 4.98. The summed E-state index contributed by atoms with van der Waals surface area (Å²) in [5.74, 6) is -0.0847. The molecule has 1 aromatic rings. The van der Waals surface area contributed by atoms with Crippen LogP contribution in [0, 0.1) is 5.92 Å². The third kappa shape index (κ3) is 3.45. The van der Waals surface area contributed by atoms with Gasteiger partial charge in [0.1, 0.15) is 5.75 Å². The fraction of sp³-hybridized carbons (Fsp3) is 0.467. The van der Waals surface area contributed by atoms with Gasteiger partial charge in [-0.25, -0.2) is 0 Å². The van der Waals surface area contributed by atoms with Gasteiger partial charge in [-0.1, -0.05) is 0 Å². The average molecular weight is 292 g/mol. The first kappa shape index (κ1) is 15.2. The molecule has 0 radical (unpaired) electrons. The number of hydrogen-bond donors (Lipinski definition) is 1. The van der Waals surface area contributed by atoms with Gasteiger partial charge in [-0.05, 0) is 25.5 Å². The van der Waals surface area contributed by atoms with Crippen molar-refractivity contribution in [3.8, 4) is 5.75 Å². The fourth-order valence-electron chi connectivity index (χ4n) is 2.48. The SMILES string of the molecule is CCOc1cc(N)cc(C(=O)N2CCC(C(=O)OC)C2)c1. The zero-order chi connectivity index (χ0) is 15.4. The second-order valence-electron chi connectivity index (χ2n) is 4.98. The van der Waals surface area contributed by atoms with Crippen LogP contribution in [0.5, 0.6) is 5.75 Å². The molecule has 0 saturated carbocycles. The highest BCUT2D eigenvalue weighted by atomic mass is 16.5. The second-order valence-corrected chi connectivity index (χ2v) is 4.98. The van der Waals surface area contributed by atoms with E-state index in [0.29, 0.717) is 43.1 Å². The monoisotopic (exact) mass is 292 g/mol. The summed E-state index contributed by atoms with van der Waals surface area (Å²) in [6.45, 7) is 3.29. The number of ether oxygens (including phenoxy) is 2. The van der Waals surface area contributed by atoms with Crippen molar-refractivity contribution in [3.05, 3.63) is 23.8 Å². The minimum absolute atomic E-state index is 0.144. The number of nitrogens with zero attached hydrogens (tertiary/aromatic N) is 1. The molecule has 1 aliphatic rings. The number of methoxy groups -OCH3 is 1. The van der Waals surface area contributed by atoms with Crippen molar-refractivity contribution in [1.82, 2.24) is 4.90 Å². The highest BCUT2D eigenvalue weighted by Crippen LogP contribution is 2.24. The molecule has 0 spiro atoms. The summed E-state index contributed by atoms with van der Waals surface area (Å²) in [6.07, 6.45) is 0.624. The summed E-state index contributed by atoms with van der Waals surface area (Å²) < 4.78 is 10.1. The van der Waals surface area contributed by atoms with Crippen molar-refractivity contribution >= 4 is 17.6 Å².